The quantitative estimate of drug-likeness (QED) is 0.460. The van der Waals surface area contributed by atoms with Crippen LogP contribution in [0.5, 0.6) is 0 Å². The van der Waals surface area contributed by atoms with Gasteiger partial charge in [-0.2, -0.15) is 0 Å². The SMILES string of the molecule is CC/C(=C/CC(CC)(C(=O)O)C(=O)O)C(=O)O. The Morgan fingerprint density at radius 3 is 1.76 bits per heavy atom. The normalized spacial score (nSPS) is 12.2. The fraction of sp³-hybridized carbons (Fsp3) is 0.545. The molecule has 96 valence electrons. The largest absolute Gasteiger partial charge is 0.480 e. The summed E-state index contributed by atoms with van der Waals surface area (Å²) in [4.78, 5) is 32.7. The molecule has 0 spiro atoms. The molecule has 0 atom stereocenters. The van der Waals surface area contributed by atoms with Crippen LogP contribution in [0.3, 0.4) is 0 Å². The van der Waals surface area contributed by atoms with E-state index in [0.717, 1.165) is 0 Å². The Labute approximate surface area is 98.6 Å². The molecular formula is C11H16O6. The number of carboxylic acid groups (broad SMARTS) is 3. The van der Waals surface area contributed by atoms with Gasteiger partial charge in [0.1, 0.15) is 0 Å². The van der Waals surface area contributed by atoms with Crippen molar-refractivity contribution < 1.29 is 29.7 Å². The van der Waals surface area contributed by atoms with Crippen LogP contribution >= 0.6 is 0 Å². The molecule has 0 heterocycles. The van der Waals surface area contributed by atoms with Crippen molar-refractivity contribution >= 4 is 17.9 Å². The minimum absolute atomic E-state index is 0.0188. The van der Waals surface area contributed by atoms with Crippen LogP contribution in [0.15, 0.2) is 11.6 Å². The van der Waals surface area contributed by atoms with Crippen molar-refractivity contribution in [2.45, 2.75) is 33.1 Å². The molecule has 0 unspecified atom stereocenters. The number of carbonyl (C=O) groups is 3. The molecular weight excluding hydrogens is 228 g/mol. The number of carboxylic acids is 3. The molecule has 0 aliphatic heterocycles. The van der Waals surface area contributed by atoms with Gasteiger partial charge in [-0.15, -0.1) is 0 Å². The predicted molar refractivity (Wildman–Crippen MR) is 58.6 cm³/mol. The van der Waals surface area contributed by atoms with Crippen LogP contribution in [0.2, 0.25) is 0 Å². The molecule has 0 aromatic heterocycles. The number of hydrogen-bond acceptors (Lipinski definition) is 3. The summed E-state index contributed by atoms with van der Waals surface area (Å²) in [5, 5.41) is 26.7. The van der Waals surface area contributed by atoms with Gasteiger partial charge < -0.3 is 15.3 Å². The van der Waals surface area contributed by atoms with Crippen molar-refractivity contribution in [1.82, 2.24) is 0 Å². The molecule has 0 rings (SSSR count). The highest BCUT2D eigenvalue weighted by Crippen LogP contribution is 2.29. The van der Waals surface area contributed by atoms with E-state index >= 15 is 0 Å². The van der Waals surface area contributed by atoms with E-state index in [1.165, 1.54) is 13.0 Å². The maximum atomic E-state index is 11.0. The lowest BCUT2D eigenvalue weighted by Gasteiger charge is -2.21. The molecule has 0 saturated heterocycles. The van der Waals surface area contributed by atoms with Gasteiger partial charge in [0.25, 0.3) is 0 Å². The van der Waals surface area contributed by atoms with Crippen LogP contribution in [0.4, 0.5) is 0 Å². The molecule has 0 aromatic rings. The van der Waals surface area contributed by atoms with Crippen LogP contribution in [0, 0.1) is 5.41 Å². The molecule has 6 heteroatoms. The van der Waals surface area contributed by atoms with Gasteiger partial charge in [0.05, 0.1) is 0 Å². The zero-order chi connectivity index (χ0) is 13.6. The van der Waals surface area contributed by atoms with E-state index in [-0.39, 0.29) is 24.8 Å². The Hall–Kier alpha value is -1.85. The zero-order valence-electron chi connectivity index (χ0n) is 9.77. The number of hydrogen-bond donors (Lipinski definition) is 3. The second kappa shape index (κ2) is 6.03. The summed E-state index contributed by atoms with van der Waals surface area (Å²) in [6.45, 7) is 3.05. The maximum absolute atomic E-state index is 11.0. The smallest absolute Gasteiger partial charge is 0.331 e. The summed E-state index contributed by atoms with van der Waals surface area (Å²) in [5.41, 5.74) is -1.93. The Balaban J connectivity index is 5.21. The lowest BCUT2D eigenvalue weighted by Crippen LogP contribution is -2.38. The van der Waals surface area contributed by atoms with E-state index in [1.807, 2.05) is 0 Å². The zero-order valence-corrected chi connectivity index (χ0v) is 9.77. The second-order valence-electron chi connectivity index (χ2n) is 3.64. The lowest BCUT2D eigenvalue weighted by atomic mass is 9.81. The van der Waals surface area contributed by atoms with Gasteiger partial charge in [0, 0.05) is 5.57 Å². The molecule has 0 fully saturated rings. The molecule has 6 nitrogen and oxygen atoms in total. The summed E-state index contributed by atoms with van der Waals surface area (Å²) in [5.74, 6) is -4.07. The third-order valence-electron chi connectivity index (χ3n) is 2.77. The summed E-state index contributed by atoms with van der Waals surface area (Å²) in [7, 11) is 0. The predicted octanol–water partition coefficient (Wildman–Crippen LogP) is 1.36. The van der Waals surface area contributed by atoms with Gasteiger partial charge in [-0.3, -0.25) is 9.59 Å². The minimum Gasteiger partial charge on any atom is -0.480 e. The Morgan fingerprint density at radius 2 is 1.53 bits per heavy atom. The van der Waals surface area contributed by atoms with Gasteiger partial charge in [0.2, 0.25) is 0 Å². The molecule has 0 amide bonds. The first-order valence-corrected chi connectivity index (χ1v) is 5.20. The second-order valence-corrected chi connectivity index (χ2v) is 3.64. The van der Waals surface area contributed by atoms with E-state index in [4.69, 9.17) is 15.3 Å². The highest BCUT2D eigenvalue weighted by molar-refractivity contribution is 5.98. The van der Waals surface area contributed by atoms with Gasteiger partial charge >= 0.3 is 17.9 Å². The topological polar surface area (TPSA) is 112 Å². The summed E-state index contributed by atoms with van der Waals surface area (Å²) in [6.07, 6.45) is 0.955. The van der Waals surface area contributed by atoms with E-state index < -0.39 is 23.3 Å². The van der Waals surface area contributed by atoms with Gasteiger partial charge in [-0.1, -0.05) is 19.9 Å². The van der Waals surface area contributed by atoms with Gasteiger partial charge in [0.15, 0.2) is 5.41 Å². The van der Waals surface area contributed by atoms with E-state index in [0.29, 0.717) is 0 Å². The van der Waals surface area contributed by atoms with Crippen molar-refractivity contribution in [3.8, 4) is 0 Å². The lowest BCUT2D eigenvalue weighted by molar-refractivity contribution is -0.164. The third kappa shape index (κ3) is 3.30. The average Bonchev–Trinajstić information content (AvgIpc) is 2.23. The first-order valence-electron chi connectivity index (χ1n) is 5.20. The first kappa shape index (κ1) is 15.2. The van der Waals surface area contributed by atoms with Crippen LogP contribution in [0.25, 0.3) is 0 Å². The van der Waals surface area contributed by atoms with Crippen molar-refractivity contribution in [3.05, 3.63) is 11.6 Å². The van der Waals surface area contributed by atoms with E-state index in [9.17, 15) is 14.4 Å². The number of allylic oxidation sites excluding steroid dienone is 1. The molecule has 0 saturated carbocycles. The van der Waals surface area contributed by atoms with Crippen LogP contribution in [0.1, 0.15) is 33.1 Å². The van der Waals surface area contributed by atoms with Crippen LogP contribution in [-0.2, 0) is 14.4 Å². The molecule has 0 aromatic carbocycles. The number of aliphatic carboxylic acids is 3. The van der Waals surface area contributed by atoms with Crippen molar-refractivity contribution in [3.63, 3.8) is 0 Å². The van der Waals surface area contributed by atoms with Crippen molar-refractivity contribution in [2.75, 3.05) is 0 Å². The summed E-state index contributed by atoms with van der Waals surface area (Å²) >= 11 is 0. The van der Waals surface area contributed by atoms with Gasteiger partial charge in [-0.25, -0.2) is 4.79 Å². The number of rotatable bonds is 7. The fourth-order valence-corrected chi connectivity index (χ4v) is 1.39. The molecule has 0 radical (unpaired) electrons. The Bertz CT molecular complexity index is 341. The van der Waals surface area contributed by atoms with Crippen LogP contribution in [-0.4, -0.2) is 33.2 Å². The van der Waals surface area contributed by atoms with Gasteiger partial charge in [-0.05, 0) is 19.3 Å². The molecule has 0 bridgehead atoms. The average molecular weight is 244 g/mol. The Morgan fingerprint density at radius 1 is 1.06 bits per heavy atom. The van der Waals surface area contributed by atoms with Crippen molar-refractivity contribution in [1.29, 1.82) is 0 Å². The Kier molecular flexibility index (Phi) is 5.37. The molecule has 0 aliphatic carbocycles. The van der Waals surface area contributed by atoms with Crippen molar-refractivity contribution in [2.24, 2.45) is 5.41 Å². The monoisotopic (exact) mass is 244 g/mol. The molecule has 17 heavy (non-hydrogen) atoms. The molecule has 3 N–H and O–H groups in total. The highest BCUT2D eigenvalue weighted by atomic mass is 16.4. The van der Waals surface area contributed by atoms with E-state index in [2.05, 4.69) is 0 Å². The minimum atomic E-state index is -1.95. The summed E-state index contributed by atoms with van der Waals surface area (Å²) < 4.78 is 0. The third-order valence-corrected chi connectivity index (χ3v) is 2.77. The van der Waals surface area contributed by atoms with E-state index in [1.54, 1.807) is 6.92 Å². The maximum Gasteiger partial charge on any atom is 0.331 e. The fourth-order valence-electron chi connectivity index (χ4n) is 1.39. The van der Waals surface area contributed by atoms with Crippen LogP contribution < -0.4 is 0 Å². The first-order chi connectivity index (χ1) is 7.81. The standard InChI is InChI=1S/C11H16O6/c1-3-7(8(12)13)5-6-11(4-2,9(14)15)10(16)17/h5H,3-4,6H2,1-2H3,(H,12,13)(H,14,15)(H,16,17)/b7-5-. The summed E-state index contributed by atoms with van der Waals surface area (Å²) in [6, 6.07) is 0. The highest BCUT2D eigenvalue weighted by Gasteiger charge is 2.44. The molecule has 0 aliphatic rings.